The van der Waals surface area contributed by atoms with Crippen molar-refractivity contribution < 1.29 is 13.9 Å². The molecule has 3 nitrogen and oxygen atoms in total. The van der Waals surface area contributed by atoms with E-state index in [1.165, 1.54) is 0 Å². The third-order valence-corrected chi connectivity index (χ3v) is 2.75. The fourth-order valence-corrected chi connectivity index (χ4v) is 1.87. The molecule has 0 atom stereocenters. The van der Waals surface area contributed by atoms with Crippen LogP contribution < -0.4 is 5.32 Å². The molecule has 0 aliphatic heterocycles. The van der Waals surface area contributed by atoms with Crippen LogP contribution in [0.1, 0.15) is 43.9 Å². The second-order valence-corrected chi connectivity index (χ2v) is 6.09. The van der Waals surface area contributed by atoms with Crippen molar-refractivity contribution in [2.24, 2.45) is 0 Å². The summed E-state index contributed by atoms with van der Waals surface area (Å²) in [5, 5.41) is 2.68. The SMILES string of the molecule is Cc1cc(C=CCCNC(=O)OC(C)(C)C)cc(C)c1F. The quantitative estimate of drug-likeness (QED) is 0.837. The van der Waals surface area contributed by atoms with Crippen LogP contribution in [0.15, 0.2) is 18.2 Å². The Kier molecular flexibility index (Phi) is 5.94. The summed E-state index contributed by atoms with van der Waals surface area (Å²) < 4.78 is 18.6. The standard InChI is InChI=1S/C17H24FNO2/c1-12-10-14(11-13(2)15(12)18)8-6-7-9-19-16(20)21-17(3,4)5/h6,8,10-11H,7,9H2,1-5H3,(H,19,20). The highest BCUT2D eigenvalue weighted by molar-refractivity contribution is 5.67. The van der Waals surface area contributed by atoms with Crippen LogP contribution >= 0.6 is 0 Å². The molecule has 0 aromatic heterocycles. The van der Waals surface area contributed by atoms with Gasteiger partial charge in [0, 0.05) is 6.54 Å². The number of amides is 1. The minimum Gasteiger partial charge on any atom is -0.444 e. The first-order chi connectivity index (χ1) is 9.69. The minimum atomic E-state index is -0.483. The third kappa shape index (κ3) is 6.43. The smallest absolute Gasteiger partial charge is 0.407 e. The normalized spacial score (nSPS) is 11.7. The molecule has 0 heterocycles. The van der Waals surface area contributed by atoms with E-state index in [0.29, 0.717) is 24.1 Å². The van der Waals surface area contributed by atoms with Gasteiger partial charge in [0.25, 0.3) is 0 Å². The zero-order chi connectivity index (χ0) is 16.0. The van der Waals surface area contributed by atoms with Gasteiger partial charge in [-0.25, -0.2) is 9.18 Å². The van der Waals surface area contributed by atoms with E-state index in [0.717, 1.165) is 5.56 Å². The van der Waals surface area contributed by atoms with Crippen LogP contribution in [0.25, 0.3) is 6.08 Å². The van der Waals surface area contributed by atoms with Crippen LogP contribution in [0.3, 0.4) is 0 Å². The van der Waals surface area contributed by atoms with Gasteiger partial charge < -0.3 is 10.1 Å². The molecule has 0 aliphatic carbocycles. The Labute approximate surface area is 126 Å². The fraction of sp³-hybridized carbons (Fsp3) is 0.471. The molecule has 0 unspecified atom stereocenters. The molecule has 1 aromatic rings. The van der Waals surface area contributed by atoms with E-state index in [1.54, 1.807) is 26.0 Å². The van der Waals surface area contributed by atoms with E-state index in [4.69, 9.17) is 4.74 Å². The van der Waals surface area contributed by atoms with E-state index in [2.05, 4.69) is 5.32 Å². The fourth-order valence-electron chi connectivity index (χ4n) is 1.87. The van der Waals surface area contributed by atoms with E-state index in [-0.39, 0.29) is 5.82 Å². The second kappa shape index (κ2) is 7.25. The Bertz CT molecular complexity index is 507. The molecular formula is C17H24FNO2. The molecular weight excluding hydrogens is 269 g/mol. The molecule has 0 radical (unpaired) electrons. The Morgan fingerprint density at radius 1 is 1.29 bits per heavy atom. The summed E-state index contributed by atoms with van der Waals surface area (Å²) in [5.74, 6) is -0.154. The first kappa shape index (κ1) is 17.2. The van der Waals surface area contributed by atoms with Crippen LogP contribution in [-0.4, -0.2) is 18.2 Å². The number of benzene rings is 1. The highest BCUT2D eigenvalue weighted by Crippen LogP contribution is 2.15. The van der Waals surface area contributed by atoms with Gasteiger partial charge in [-0.3, -0.25) is 0 Å². The Hall–Kier alpha value is -1.84. The summed E-state index contributed by atoms with van der Waals surface area (Å²) >= 11 is 0. The number of aryl methyl sites for hydroxylation is 2. The predicted octanol–water partition coefficient (Wildman–Crippen LogP) is 4.37. The van der Waals surface area contributed by atoms with E-state index in [9.17, 15) is 9.18 Å². The van der Waals surface area contributed by atoms with Gasteiger partial charge >= 0.3 is 6.09 Å². The van der Waals surface area contributed by atoms with E-state index >= 15 is 0 Å². The van der Waals surface area contributed by atoms with E-state index in [1.807, 2.05) is 32.9 Å². The average molecular weight is 293 g/mol. The van der Waals surface area contributed by atoms with Crippen molar-refractivity contribution >= 4 is 12.2 Å². The van der Waals surface area contributed by atoms with Crippen molar-refractivity contribution in [3.05, 3.63) is 40.7 Å². The number of rotatable bonds is 4. The lowest BCUT2D eigenvalue weighted by molar-refractivity contribution is 0.0529. The van der Waals surface area contributed by atoms with Gasteiger partial charge in [0.2, 0.25) is 0 Å². The molecule has 4 heteroatoms. The number of carbonyl (C=O) groups excluding carboxylic acids is 1. The highest BCUT2D eigenvalue weighted by Gasteiger charge is 2.15. The maximum absolute atomic E-state index is 13.5. The van der Waals surface area contributed by atoms with Crippen LogP contribution in [0, 0.1) is 19.7 Å². The lowest BCUT2D eigenvalue weighted by Crippen LogP contribution is -2.32. The van der Waals surface area contributed by atoms with Crippen LogP contribution in [0.4, 0.5) is 9.18 Å². The van der Waals surface area contributed by atoms with Gasteiger partial charge in [-0.1, -0.05) is 12.2 Å². The molecule has 1 aromatic carbocycles. The van der Waals surface area contributed by atoms with Gasteiger partial charge in [-0.05, 0) is 69.9 Å². The zero-order valence-corrected chi connectivity index (χ0v) is 13.4. The maximum atomic E-state index is 13.5. The summed E-state index contributed by atoms with van der Waals surface area (Å²) in [6.07, 6.45) is 4.15. The first-order valence-electron chi connectivity index (χ1n) is 7.09. The van der Waals surface area contributed by atoms with Gasteiger partial charge in [-0.15, -0.1) is 0 Å². The van der Waals surface area contributed by atoms with Crippen LogP contribution in [0.2, 0.25) is 0 Å². The molecule has 0 saturated heterocycles. The lowest BCUT2D eigenvalue weighted by atomic mass is 10.1. The van der Waals surface area contributed by atoms with Gasteiger partial charge in [0.15, 0.2) is 0 Å². The molecule has 21 heavy (non-hydrogen) atoms. The topological polar surface area (TPSA) is 38.3 Å². The third-order valence-electron chi connectivity index (χ3n) is 2.75. The second-order valence-electron chi connectivity index (χ2n) is 6.09. The number of hydrogen-bond acceptors (Lipinski definition) is 2. The predicted molar refractivity (Wildman–Crippen MR) is 83.8 cm³/mol. The van der Waals surface area contributed by atoms with Gasteiger partial charge in [-0.2, -0.15) is 0 Å². The molecule has 0 spiro atoms. The van der Waals surface area contributed by atoms with Crippen LogP contribution in [-0.2, 0) is 4.74 Å². The van der Waals surface area contributed by atoms with E-state index < -0.39 is 11.7 Å². The van der Waals surface area contributed by atoms with Crippen molar-refractivity contribution in [3.63, 3.8) is 0 Å². The number of alkyl carbamates (subject to hydrolysis) is 1. The average Bonchev–Trinajstić information content (AvgIpc) is 2.33. The molecule has 1 N–H and O–H groups in total. The minimum absolute atomic E-state index is 0.154. The monoisotopic (exact) mass is 293 g/mol. The Morgan fingerprint density at radius 3 is 2.38 bits per heavy atom. The molecule has 116 valence electrons. The van der Waals surface area contributed by atoms with Crippen LogP contribution in [0.5, 0.6) is 0 Å². The molecule has 1 rings (SSSR count). The first-order valence-corrected chi connectivity index (χ1v) is 7.09. The molecule has 0 bridgehead atoms. The molecule has 1 amide bonds. The van der Waals surface area contributed by atoms with Crippen molar-refractivity contribution in [1.82, 2.24) is 5.32 Å². The highest BCUT2D eigenvalue weighted by atomic mass is 19.1. The Morgan fingerprint density at radius 2 is 1.86 bits per heavy atom. The Balaban J connectivity index is 2.41. The number of nitrogens with one attached hydrogen (secondary N) is 1. The molecule has 0 fully saturated rings. The van der Waals surface area contributed by atoms with Crippen molar-refractivity contribution in [2.75, 3.05) is 6.54 Å². The largest absolute Gasteiger partial charge is 0.444 e. The van der Waals surface area contributed by atoms with Crippen molar-refractivity contribution in [2.45, 2.75) is 46.6 Å². The summed E-state index contributed by atoms with van der Waals surface area (Å²) in [5.41, 5.74) is 1.76. The molecule has 0 saturated carbocycles. The molecule has 0 aliphatic rings. The summed E-state index contributed by atoms with van der Waals surface area (Å²) in [7, 11) is 0. The van der Waals surface area contributed by atoms with Gasteiger partial charge in [0.05, 0.1) is 0 Å². The number of halogens is 1. The number of carbonyl (C=O) groups is 1. The summed E-state index contributed by atoms with van der Waals surface area (Å²) in [4.78, 5) is 11.4. The summed E-state index contributed by atoms with van der Waals surface area (Å²) in [6.45, 7) is 9.49. The maximum Gasteiger partial charge on any atom is 0.407 e. The number of hydrogen-bond donors (Lipinski definition) is 1. The zero-order valence-electron chi connectivity index (χ0n) is 13.4. The summed E-state index contributed by atoms with van der Waals surface area (Å²) in [6, 6.07) is 3.61. The lowest BCUT2D eigenvalue weighted by Gasteiger charge is -2.19. The van der Waals surface area contributed by atoms with Crippen molar-refractivity contribution in [1.29, 1.82) is 0 Å². The van der Waals surface area contributed by atoms with Crippen molar-refractivity contribution in [3.8, 4) is 0 Å². The number of ether oxygens (including phenoxy) is 1. The van der Waals surface area contributed by atoms with Gasteiger partial charge in [0.1, 0.15) is 11.4 Å².